The Morgan fingerprint density at radius 2 is 1.68 bits per heavy atom. The molecule has 12 heteroatoms. The topological polar surface area (TPSA) is 187 Å². The number of aromatic hydroxyl groups is 1. The predicted molar refractivity (Wildman–Crippen MR) is 145 cm³/mol. The molecule has 11 nitrogen and oxygen atoms in total. The number of ketones is 2. The average molecular weight is 568 g/mol. The van der Waals surface area contributed by atoms with E-state index in [1.807, 2.05) is 0 Å². The molecule has 3 aliphatic rings. The highest BCUT2D eigenvalue weighted by Crippen LogP contribution is 2.51. The molecule has 1 saturated carbocycles. The van der Waals surface area contributed by atoms with E-state index in [1.165, 1.54) is 18.2 Å². The molecule has 2 aromatic carbocycles. The summed E-state index contributed by atoms with van der Waals surface area (Å²) in [4.78, 5) is 41.2. The number of phenolic OH excluding ortho intramolecular Hbond substituents is 1. The lowest BCUT2D eigenvalue weighted by molar-refractivity contribution is -0.135. The van der Waals surface area contributed by atoms with Crippen molar-refractivity contribution in [1.82, 2.24) is 4.72 Å². The number of sulfonamides is 1. The summed E-state index contributed by atoms with van der Waals surface area (Å²) >= 11 is 0. The van der Waals surface area contributed by atoms with Crippen LogP contribution in [0.2, 0.25) is 0 Å². The van der Waals surface area contributed by atoms with Crippen LogP contribution in [-0.4, -0.2) is 61.3 Å². The van der Waals surface area contributed by atoms with E-state index in [4.69, 9.17) is 5.73 Å². The van der Waals surface area contributed by atoms with Gasteiger partial charge in [0.1, 0.15) is 22.8 Å². The van der Waals surface area contributed by atoms with Crippen molar-refractivity contribution in [3.63, 3.8) is 0 Å². The highest BCUT2D eigenvalue weighted by Gasteiger charge is 2.56. The van der Waals surface area contributed by atoms with Crippen molar-refractivity contribution >= 4 is 38.9 Å². The van der Waals surface area contributed by atoms with Gasteiger partial charge in [-0.2, -0.15) is 0 Å². The van der Waals surface area contributed by atoms with E-state index in [9.17, 15) is 38.1 Å². The minimum absolute atomic E-state index is 0.0146. The molecule has 40 heavy (non-hydrogen) atoms. The number of rotatable bonds is 5. The second-order valence-electron chi connectivity index (χ2n) is 10.7. The van der Waals surface area contributed by atoms with Crippen molar-refractivity contribution in [2.75, 3.05) is 19.0 Å². The summed E-state index contributed by atoms with van der Waals surface area (Å²) < 4.78 is 29.0. The Kier molecular flexibility index (Phi) is 6.50. The van der Waals surface area contributed by atoms with Crippen LogP contribution in [0, 0.1) is 24.7 Å². The zero-order chi connectivity index (χ0) is 29.3. The minimum atomic E-state index is -4.28. The van der Waals surface area contributed by atoms with Crippen molar-refractivity contribution in [3.8, 4) is 5.75 Å². The first-order valence-electron chi connectivity index (χ1n) is 12.6. The number of anilines is 1. The first kappa shape index (κ1) is 27.4. The number of carbonyl (C=O) groups excluding carboxylic acids is 3. The number of aryl methyl sites for hydroxylation is 1. The molecule has 0 heterocycles. The first-order valence-corrected chi connectivity index (χ1v) is 14.1. The first-order chi connectivity index (χ1) is 18.7. The summed E-state index contributed by atoms with van der Waals surface area (Å²) in [6.45, 7) is 1.78. The van der Waals surface area contributed by atoms with Gasteiger partial charge < -0.3 is 26.0 Å². The number of phenols is 1. The summed E-state index contributed by atoms with van der Waals surface area (Å²) in [6.07, 6.45) is 0.213. The van der Waals surface area contributed by atoms with Crippen molar-refractivity contribution in [2.45, 2.75) is 30.7 Å². The van der Waals surface area contributed by atoms with Crippen LogP contribution in [0.1, 0.15) is 23.1 Å². The number of nitrogens with two attached hydrogens (primary N) is 1. The molecule has 1 amide bonds. The minimum Gasteiger partial charge on any atom is -0.510 e. The molecule has 6 N–H and O–H groups in total. The second-order valence-corrected chi connectivity index (χ2v) is 12.4. The fourth-order valence-electron chi connectivity index (χ4n) is 6.16. The van der Waals surface area contributed by atoms with Gasteiger partial charge in [-0.25, -0.2) is 13.1 Å². The number of Topliss-reactive ketones (excluding diaryl/α,β-unsaturated/α-hetero) is 2. The van der Waals surface area contributed by atoms with Gasteiger partial charge in [-0.05, 0) is 55.5 Å². The van der Waals surface area contributed by atoms with Gasteiger partial charge in [-0.15, -0.1) is 0 Å². The van der Waals surface area contributed by atoms with Crippen LogP contribution in [0.3, 0.4) is 0 Å². The molecule has 3 aliphatic carbocycles. The number of fused-ring (bicyclic) bond motifs is 3. The number of primary amides is 1. The molecule has 4 atom stereocenters. The van der Waals surface area contributed by atoms with Gasteiger partial charge >= 0.3 is 0 Å². The van der Waals surface area contributed by atoms with Crippen LogP contribution in [0.4, 0.5) is 5.69 Å². The van der Waals surface area contributed by atoms with Crippen LogP contribution < -0.4 is 15.4 Å². The third-order valence-electron chi connectivity index (χ3n) is 8.00. The lowest BCUT2D eigenvalue weighted by Gasteiger charge is -2.44. The van der Waals surface area contributed by atoms with Crippen LogP contribution in [0.5, 0.6) is 5.75 Å². The zero-order valence-corrected chi connectivity index (χ0v) is 22.8. The molecule has 0 saturated heterocycles. The molecule has 5 rings (SSSR count). The Labute approximate surface area is 230 Å². The average Bonchev–Trinajstić information content (AvgIpc) is 2.86. The van der Waals surface area contributed by atoms with Crippen LogP contribution in [0.25, 0.3) is 5.76 Å². The molecular formula is C28H29N3O8S. The lowest BCUT2D eigenvalue weighted by atomic mass is 9.60. The lowest BCUT2D eigenvalue weighted by Crippen LogP contribution is -2.56. The van der Waals surface area contributed by atoms with E-state index in [-0.39, 0.29) is 34.6 Å². The fourth-order valence-corrected chi connectivity index (χ4v) is 7.41. The quantitative estimate of drug-likeness (QED) is 0.264. The number of carbonyl (C=O) groups is 3. The third-order valence-corrected chi connectivity index (χ3v) is 9.46. The van der Waals surface area contributed by atoms with Crippen LogP contribution in [0.15, 0.2) is 58.2 Å². The van der Waals surface area contributed by atoms with Gasteiger partial charge in [0.25, 0.3) is 5.91 Å². The summed E-state index contributed by atoms with van der Waals surface area (Å²) in [6, 6.07) is 7.49. The molecule has 2 aromatic rings. The van der Waals surface area contributed by atoms with E-state index < -0.39 is 68.4 Å². The number of allylic oxidation sites excluding steroid dienone is 1. The van der Waals surface area contributed by atoms with E-state index >= 15 is 0 Å². The number of amides is 1. The Bertz CT molecular complexity index is 1640. The molecule has 0 aliphatic heterocycles. The molecule has 1 fully saturated rings. The molecule has 210 valence electrons. The summed E-state index contributed by atoms with van der Waals surface area (Å²) in [5.74, 6) is -8.05. The van der Waals surface area contributed by atoms with Crippen LogP contribution >= 0.6 is 0 Å². The Balaban J connectivity index is 1.64. The molecular weight excluding hydrogens is 538 g/mol. The monoisotopic (exact) mass is 567 g/mol. The van der Waals surface area contributed by atoms with Crippen molar-refractivity contribution < 1.29 is 38.1 Å². The number of hydrogen-bond donors (Lipinski definition) is 5. The number of aliphatic hydroxyl groups is 2. The maximum atomic E-state index is 13.9. The van der Waals surface area contributed by atoms with Gasteiger partial charge in [0, 0.05) is 31.3 Å². The smallest absolute Gasteiger partial charge is 0.255 e. The molecule has 0 aromatic heterocycles. The Hall–Kier alpha value is -4.16. The standard InChI is InChI=1S/C28H29N3O8S/c1-12-4-6-14(7-5-12)40(38,39)30-23-16-11-13-10-15-17(31(2)3)8-9-18(32)20(15)24(33)19(13)25(34)21(16)26(35)22(27(23)36)28(29)37/h4-9,13,16,21,23,30,32-33,36H,10-11H2,1-3H3,(H2,29,37). The predicted octanol–water partition coefficient (Wildman–Crippen LogP) is 1.64. The molecule has 4 unspecified atom stereocenters. The fraction of sp³-hybridized carbons (Fsp3) is 0.321. The Morgan fingerprint density at radius 3 is 2.27 bits per heavy atom. The maximum absolute atomic E-state index is 13.9. The molecule has 0 spiro atoms. The number of nitrogens with one attached hydrogen (secondary N) is 1. The third kappa shape index (κ3) is 4.14. The van der Waals surface area contributed by atoms with E-state index in [0.29, 0.717) is 11.3 Å². The van der Waals surface area contributed by atoms with E-state index in [2.05, 4.69) is 4.72 Å². The normalized spacial score (nSPS) is 24.4. The van der Waals surface area contributed by atoms with Gasteiger partial charge in [0.15, 0.2) is 11.6 Å². The summed E-state index contributed by atoms with van der Waals surface area (Å²) in [5.41, 5.74) is 6.62. The summed E-state index contributed by atoms with van der Waals surface area (Å²) in [5, 5.41) is 32.8. The van der Waals surface area contributed by atoms with Gasteiger partial charge in [0.05, 0.1) is 22.4 Å². The van der Waals surface area contributed by atoms with Gasteiger partial charge in [-0.3, -0.25) is 14.4 Å². The van der Waals surface area contributed by atoms with E-state index in [1.54, 1.807) is 44.1 Å². The number of hydrogen-bond acceptors (Lipinski definition) is 9. The zero-order valence-electron chi connectivity index (χ0n) is 22.0. The number of benzene rings is 2. The highest BCUT2D eigenvalue weighted by molar-refractivity contribution is 7.89. The van der Waals surface area contributed by atoms with Gasteiger partial charge in [0.2, 0.25) is 10.0 Å². The number of nitrogens with zero attached hydrogens (tertiary/aromatic N) is 1. The number of aliphatic hydroxyl groups excluding tert-OH is 2. The molecule has 0 bridgehead atoms. The highest BCUT2D eigenvalue weighted by atomic mass is 32.2. The second kappa shape index (κ2) is 9.49. The van der Waals surface area contributed by atoms with E-state index in [0.717, 1.165) is 5.56 Å². The maximum Gasteiger partial charge on any atom is 0.255 e. The molecule has 0 radical (unpaired) electrons. The Morgan fingerprint density at radius 1 is 1.02 bits per heavy atom. The van der Waals surface area contributed by atoms with Gasteiger partial charge in [-0.1, -0.05) is 17.7 Å². The summed E-state index contributed by atoms with van der Waals surface area (Å²) in [7, 11) is -0.703. The largest absolute Gasteiger partial charge is 0.510 e. The van der Waals surface area contributed by atoms with Crippen LogP contribution in [-0.2, 0) is 30.8 Å². The van der Waals surface area contributed by atoms with Crippen molar-refractivity contribution in [2.24, 2.45) is 23.5 Å². The van der Waals surface area contributed by atoms with Crippen molar-refractivity contribution in [1.29, 1.82) is 0 Å². The SMILES string of the molecule is Cc1ccc(S(=O)(=O)NC2C(O)=C(C(N)=O)C(=O)C3C(=O)C4=C(O)c5c(O)ccc(N(C)C)c5CC4CC23)cc1. The van der Waals surface area contributed by atoms with Crippen molar-refractivity contribution in [3.05, 3.63) is 70.0 Å².